The highest BCUT2D eigenvalue weighted by molar-refractivity contribution is 5.98. The molecule has 0 bridgehead atoms. The van der Waals surface area contributed by atoms with Crippen LogP contribution in [0.3, 0.4) is 0 Å². The van der Waals surface area contributed by atoms with Gasteiger partial charge in [0.2, 0.25) is 11.8 Å². The van der Waals surface area contributed by atoms with Gasteiger partial charge >= 0.3 is 6.03 Å². The number of amides is 4. The van der Waals surface area contributed by atoms with Crippen molar-refractivity contribution < 1.29 is 14.4 Å². The Morgan fingerprint density at radius 2 is 1.87 bits per heavy atom. The zero-order valence-corrected chi connectivity index (χ0v) is 17.1. The van der Waals surface area contributed by atoms with Gasteiger partial charge in [-0.3, -0.25) is 9.59 Å². The second-order valence-corrected chi connectivity index (χ2v) is 8.09. The summed E-state index contributed by atoms with van der Waals surface area (Å²) in [5, 5.41) is 8.58. The summed E-state index contributed by atoms with van der Waals surface area (Å²) in [6, 6.07) is 13.6. The predicted octanol–water partition coefficient (Wildman–Crippen LogP) is 2.14. The smallest absolute Gasteiger partial charge is 0.319 e. The van der Waals surface area contributed by atoms with Crippen molar-refractivity contribution in [3.63, 3.8) is 0 Å². The Hall–Kier alpha value is -3.35. The van der Waals surface area contributed by atoms with Crippen LogP contribution in [0.15, 0.2) is 48.5 Å². The fraction of sp³-hybridized carbons (Fsp3) is 0.348. The van der Waals surface area contributed by atoms with Gasteiger partial charge in [-0.1, -0.05) is 36.4 Å². The van der Waals surface area contributed by atoms with Gasteiger partial charge in [0, 0.05) is 18.7 Å². The summed E-state index contributed by atoms with van der Waals surface area (Å²) in [6.07, 6.45) is 0.871. The van der Waals surface area contributed by atoms with Crippen LogP contribution < -0.4 is 16.0 Å². The van der Waals surface area contributed by atoms with Gasteiger partial charge in [0.25, 0.3) is 0 Å². The number of carbonyl (C=O) groups is 3. The van der Waals surface area contributed by atoms with E-state index in [9.17, 15) is 14.4 Å². The van der Waals surface area contributed by atoms with E-state index < -0.39 is 12.1 Å². The van der Waals surface area contributed by atoms with Gasteiger partial charge in [0.1, 0.15) is 12.1 Å². The lowest BCUT2D eigenvalue weighted by Crippen LogP contribution is -2.61. The van der Waals surface area contributed by atoms with Crippen molar-refractivity contribution in [1.29, 1.82) is 0 Å². The molecule has 3 atom stereocenters. The number of piperazine rings is 1. The number of hydrogen-bond donors (Lipinski definition) is 3. The largest absolute Gasteiger partial charge is 0.342 e. The minimum atomic E-state index is -0.570. The van der Waals surface area contributed by atoms with Crippen molar-refractivity contribution in [2.24, 2.45) is 0 Å². The summed E-state index contributed by atoms with van der Waals surface area (Å²) < 4.78 is 0. The molecule has 0 spiro atoms. The molecule has 156 valence electrons. The first kappa shape index (κ1) is 19.9. The first-order valence-corrected chi connectivity index (χ1v) is 10.2. The fourth-order valence-electron chi connectivity index (χ4n) is 4.12. The lowest BCUT2D eigenvalue weighted by atomic mass is 10.0. The summed E-state index contributed by atoms with van der Waals surface area (Å²) in [4.78, 5) is 39.5. The van der Waals surface area contributed by atoms with Crippen molar-refractivity contribution in [1.82, 2.24) is 15.5 Å². The monoisotopic (exact) mass is 406 g/mol. The van der Waals surface area contributed by atoms with Gasteiger partial charge in [0.15, 0.2) is 0 Å². The Bertz CT molecular complexity index is 976. The molecule has 2 saturated heterocycles. The Morgan fingerprint density at radius 3 is 2.60 bits per heavy atom. The minimum Gasteiger partial charge on any atom is -0.342 e. The molecule has 2 fully saturated rings. The molecule has 0 aliphatic carbocycles. The van der Waals surface area contributed by atoms with E-state index in [0.29, 0.717) is 25.1 Å². The summed E-state index contributed by atoms with van der Waals surface area (Å²) in [7, 11) is 0. The number of aryl methyl sites for hydroxylation is 2. The van der Waals surface area contributed by atoms with Crippen LogP contribution in [0.2, 0.25) is 0 Å². The molecule has 7 nitrogen and oxygen atoms in total. The lowest BCUT2D eigenvalue weighted by Gasteiger charge is -2.34. The number of nitrogens with one attached hydrogen (secondary N) is 3. The first-order chi connectivity index (χ1) is 14.4. The van der Waals surface area contributed by atoms with E-state index in [4.69, 9.17) is 0 Å². The first-order valence-electron chi connectivity index (χ1n) is 10.2. The molecule has 0 aromatic heterocycles. The van der Waals surface area contributed by atoms with E-state index in [1.54, 1.807) is 4.90 Å². The standard InChI is InChI=1S/C23H26N4O3/c1-14-8-9-17(10-15(14)2)24-23(30)25-18-12-20-21(28)26-19(22(29)27(20)13-18)11-16-6-4-3-5-7-16/h3-10,18-20H,11-13H2,1-2H3,(H,26,28)(H2,24,25,30)/t18-,19-,20-/m0/s1. The molecule has 2 aromatic rings. The molecule has 4 amide bonds. The number of urea groups is 1. The predicted molar refractivity (Wildman–Crippen MR) is 114 cm³/mol. The van der Waals surface area contributed by atoms with E-state index in [1.165, 1.54) is 0 Å². The second-order valence-electron chi connectivity index (χ2n) is 8.09. The molecule has 3 N–H and O–H groups in total. The van der Waals surface area contributed by atoms with E-state index >= 15 is 0 Å². The number of rotatable bonds is 4. The average molecular weight is 406 g/mol. The van der Waals surface area contributed by atoms with Crippen molar-refractivity contribution in [3.05, 3.63) is 65.2 Å². The molecule has 4 rings (SSSR count). The maximum Gasteiger partial charge on any atom is 0.319 e. The fourth-order valence-corrected chi connectivity index (χ4v) is 4.12. The molecule has 7 heteroatoms. The number of benzene rings is 2. The van der Waals surface area contributed by atoms with Gasteiger partial charge in [-0.15, -0.1) is 0 Å². The number of anilines is 1. The van der Waals surface area contributed by atoms with Crippen LogP contribution >= 0.6 is 0 Å². The molecule has 0 saturated carbocycles. The second kappa shape index (κ2) is 8.18. The van der Waals surface area contributed by atoms with E-state index in [-0.39, 0.29) is 23.9 Å². The Labute approximate surface area is 175 Å². The zero-order chi connectivity index (χ0) is 21.3. The van der Waals surface area contributed by atoms with Crippen molar-refractivity contribution >= 4 is 23.5 Å². The number of carbonyl (C=O) groups excluding carboxylic acids is 3. The number of hydrogen-bond acceptors (Lipinski definition) is 3. The minimum absolute atomic E-state index is 0.0951. The zero-order valence-electron chi connectivity index (χ0n) is 17.1. The molecule has 2 aromatic carbocycles. The molecule has 0 unspecified atom stereocenters. The highest BCUT2D eigenvalue weighted by Gasteiger charge is 2.46. The number of nitrogens with zero attached hydrogens (tertiary/aromatic N) is 1. The summed E-state index contributed by atoms with van der Waals surface area (Å²) in [5.74, 6) is -0.253. The maximum absolute atomic E-state index is 12.9. The van der Waals surface area contributed by atoms with Crippen LogP contribution in [-0.4, -0.2) is 47.4 Å². The Balaban J connectivity index is 1.37. The van der Waals surface area contributed by atoms with E-state index in [2.05, 4.69) is 16.0 Å². The Kier molecular flexibility index (Phi) is 5.44. The topological polar surface area (TPSA) is 90.5 Å². The molecule has 30 heavy (non-hydrogen) atoms. The van der Waals surface area contributed by atoms with Gasteiger partial charge in [-0.05, 0) is 49.1 Å². The van der Waals surface area contributed by atoms with Gasteiger partial charge in [-0.25, -0.2) is 4.79 Å². The van der Waals surface area contributed by atoms with Crippen molar-refractivity contribution in [3.8, 4) is 0 Å². The van der Waals surface area contributed by atoms with Crippen LogP contribution in [-0.2, 0) is 16.0 Å². The Morgan fingerprint density at radius 1 is 1.10 bits per heavy atom. The summed E-state index contributed by atoms with van der Waals surface area (Å²) >= 11 is 0. The van der Waals surface area contributed by atoms with Crippen LogP contribution in [0.25, 0.3) is 0 Å². The van der Waals surface area contributed by atoms with Crippen LogP contribution in [0.1, 0.15) is 23.1 Å². The van der Waals surface area contributed by atoms with Gasteiger partial charge in [-0.2, -0.15) is 0 Å². The molecular formula is C23H26N4O3. The van der Waals surface area contributed by atoms with Gasteiger partial charge in [0.05, 0.1) is 6.04 Å². The normalized spacial score (nSPS) is 23.0. The molecule has 2 heterocycles. The lowest BCUT2D eigenvalue weighted by molar-refractivity contribution is -0.147. The molecule has 2 aliphatic heterocycles. The van der Waals surface area contributed by atoms with Crippen LogP contribution in [0, 0.1) is 13.8 Å². The maximum atomic E-state index is 12.9. The molecular weight excluding hydrogens is 380 g/mol. The SMILES string of the molecule is Cc1ccc(NC(=O)N[C@H]2C[C@H]3C(=O)N[C@@H](Cc4ccccc4)C(=O)N3C2)cc1C. The van der Waals surface area contributed by atoms with Gasteiger partial charge < -0.3 is 20.9 Å². The molecule has 0 radical (unpaired) electrons. The summed E-state index contributed by atoms with van der Waals surface area (Å²) in [5.41, 5.74) is 3.96. The quantitative estimate of drug-likeness (QED) is 0.727. The third kappa shape index (κ3) is 4.15. The highest BCUT2D eigenvalue weighted by Crippen LogP contribution is 2.24. The van der Waals surface area contributed by atoms with E-state index in [1.807, 2.05) is 62.4 Å². The molecule has 2 aliphatic rings. The van der Waals surface area contributed by atoms with Crippen molar-refractivity contribution in [2.75, 3.05) is 11.9 Å². The summed E-state index contributed by atoms with van der Waals surface area (Å²) in [6.45, 7) is 4.34. The van der Waals surface area contributed by atoms with Crippen molar-refractivity contribution in [2.45, 2.75) is 44.8 Å². The van der Waals surface area contributed by atoms with Crippen LogP contribution in [0.5, 0.6) is 0 Å². The highest BCUT2D eigenvalue weighted by atomic mass is 16.2. The number of fused-ring (bicyclic) bond motifs is 1. The third-order valence-corrected chi connectivity index (χ3v) is 5.88. The third-order valence-electron chi connectivity index (χ3n) is 5.88. The van der Waals surface area contributed by atoms with E-state index in [0.717, 1.165) is 16.7 Å². The average Bonchev–Trinajstić information content (AvgIpc) is 3.14. The van der Waals surface area contributed by atoms with Crippen LogP contribution in [0.4, 0.5) is 10.5 Å².